The molecular weight excluding hydrogens is 805 g/mol. The van der Waals surface area contributed by atoms with Crippen molar-refractivity contribution in [1.82, 2.24) is 19.9 Å². The number of allylic oxidation sites excluding steroid dienone is 4. The third-order valence-corrected chi connectivity index (χ3v) is 11.4. The Kier molecular flexibility index (Phi) is 12.6. The first kappa shape index (κ1) is 42.3. The van der Waals surface area contributed by atoms with Gasteiger partial charge in [0, 0.05) is 58.2 Å². The largest absolute Gasteiger partial charge is 0.264 e. The molecule has 0 fully saturated rings. The Morgan fingerprint density at radius 1 is 0.333 bits per heavy atom. The minimum atomic E-state index is 0.696. The van der Waals surface area contributed by atoms with Crippen LogP contribution in [0.3, 0.4) is 0 Å². The average Bonchev–Trinajstić information content (AvgIpc) is 3.40. The van der Waals surface area contributed by atoms with Gasteiger partial charge in [-0.1, -0.05) is 98.1 Å². The highest BCUT2D eigenvalue weighted by Gasteiger charge is 2.20. The fourth-order valence-corrected chi connectivity index (χ4v) is 8.19. The van der Waals surface area contributed by atoms with E-state index in [0.29, 0.717) is 5.70 Å². The Balaban J connectivity index is 1.38. The molecule has 0 N–H and O–H groups in total. The van der Waals surface area contributed by atoms with Crippen LogP contribution in [0.4, 0.5) is 0 Å². The number of rotatable bonds is 14. The van der Waals surface area contributed by atoms with Gasteiger partial charge in [-0.05, 0) is 167 Å². The number of hydrogen-bond acceptors (Lipinski definition) is 6. The van der Waals surface area contributed by atoms with Crippen molar-refractivity contribution in [2.24, 2.45) is 9.98 Å². The summed E-state index contributed by atoms with van der Waals surface area (Å²) < 4.78 is 0. The smallest absolute Gasteiger partial charge is 0.0702 e. The van der Waals surface area contributed by atoms with Gasteiger partial charge < -0.3 is 0 Å². The van der Waals surface area contributed by atoms with Crippen molar-refractivity contribution < 1.29 is 0 Å². The maximum atomic E-state index is 4.80. The molecule has 9 rings (SSSR count). The van der Waals surface area contributed by atoms with E-state index in [2.05, 4.69) is 139 Å². The van der Waals surface area contributed by atoms with Crippen molar-refractivity contribution in [1.29, 1.82) is 0 Å². The molecule has 0 spiro atoms. The van der Waals surface area contributed by atoms with E-state index in [0.717, 1.165) is 106 Å². The lowest BCUT2D eigenvalue weighted by molar-refractivity contribution is 1.31. The van der Waals surface area contributed by atoms with Crippen molar-refractivity contribution in [3.05, 3.63) is 243 Å². The summed E-state index contributed by atoms with van der Waals surface area (Å²) in [4.78, 5) is 27.8. The summed E-state index contributed by atoms with van der Waals surface area (Å²) in [5.41, 5.74) is 18.7. The van der Waals surface area contributed by atoms with Gasteiger partial charge in [0.25, 0.3) is 0 Å². The lowest BCUT2D eigenvalue weighted by atomic mass is 9.83. The van der Waals surface area contributed by atoms with Crippen LogP contribution in [0.15, 0.2) is 242 Å². The van der Waals surface area contributed by atoms with Crippen LogP contribution in [0.2, 0.25) is 0 Å². The molecule has 9 aromatic rings. The van der Waals surface area contributed by atoms with Gasteiger partial charge in [0.15, 0.2) is 0 Å². The van der Waals surface area contributed by atoms with Crippen LogP contribution in [0.25, 0.3) is 101 Å². The van der Waals surface area contributed by atoms with Crippen LogP contribution < -0.4 is 0 Å². The Bertz CT molecular complexity index is 3210. The van der Waals surface area contributed by atoms with E-state index >= 15 is 0 Å². The van der Waals surface area contributed by atoms with Gasteiger partial charge in [0.2, 0.25) is 0 Å². The molecule has 4 aromatic heterocycles. The Hall–Kier alpha value is -9.00. The SMILES string of the molecule is C=C/C=C(\N=C)c1ccc(-c2cc(-c3ccc(-c4ccccn4)cc3)c(-c3cc(-c4ccccn4)cc(-c4ccccn4)c3)cc2-c2cc(/C(=C/C=C)N=C)cc(-c3ccccn3)c2)cc1. The first-order chi connectivity index (χ1) is 32.5. The van der Waals surface area contributed by atoms with E-state index in [1.54, 1.807) is 12.2 Å². The highest BCUT2D eigenvalue weighted by molar-refractivity contribution is 5.98. The maximum absolute atomic E-state index is 4.80. The predicted molar refractivity (Wildman–Crippen MR) is 277 cm³/mol. The standard InChI is InChI=1S/C60H44N6/c1-5-15-55(61-3)43-25-21-41(22-26-43)51-39-52(42-23-27-44(28-24-42)57-17-7-11-29-63-57)54(46-35-49(59-19-9-13-31-65-59)38-50(36-46)60-20-10-14-32-66-60)40-53(51)45-33-47(56(62-4)16-6-2)37-48(34-45)58-18-8-12-30-64-58/h5-40H,1-4H2/b55-15-,56-16-. The first-order valence-corrected chi connectivity index (χ1v) is 21.5. The highest BCUT2D eigenvalue weighted by atomic mass is 14.7. The van der Waals surface area contributed by atoms with Gasteiger partial charge in [0.05, 0.1) is 34.2 Å². The number of nitrogens with zero attached hydrogens (tertiary/aromatic N) is 6. The molecule has 314 valence electrons. The molecule has 0 radical (unpaired) electrons. The zero-order valence-electron chi connectivity index (χ0n) is 36.3. The lowest BCUT2D eigenvalue weighted by Gasteiger charge is -2.21. The number of benzene rings is 5. The van der Waals surface area contributed by atoms with Crippen LogP contribution in [-0.2, 0) is 0 Å². The summed E-state index contributed by atoms with van der Waals surface area (Å²) in [6.07, 6.45) is 14.5. The molecule has 6 nitrogen and oxygen atoms in total. The molecule has 0 aliphatic heterocycles. The fraction of sp³-hybridized carbons (Fsp3) is 0. The fourth-order valence-electron chi connectivity index (χ4n) is 8.19. The van der Waals surface area contributed by atoms with Gasteiger partial charge in [0.1, 0.15) is 0 Å². The molecule has 0 saturated heterocycles. The molecule has 66 heavy (non-hydrogen) atoms. The molecular formula is C60H44N6. The molecule has 0 bridgehead atoms. The molecule has 0 amide bonds. The van der Waals surface area contributed by atoms with Gasteiger partial charge in [-0.15, -0.1) is 0 Å². The van der Waals surface area contributed by atoms with E-state index in [-0.39, 0.29) is 0 Å². The Morgan fingerprint density at radius 3 is 1.08 bits per heavy atom. The predicted octanol–water partition coefficient (Wildman–Crippen LogP) is 15.1. The number of aromatic nitrogens is 4. The summed E-state index contributed by atoms with van der Waals surface area (Å²) in [5.74, 6) is 0. The zero-order valence-corrected chi connectivity index (χ0v) is 36.3. The topological polar surface area (TPSA) is 76.3 Å². The van der Waals surface area contributed by atoms with E-state index in [9.17, 15) is 0 Å². The van der Waals surface area contributed by atoms with Crippen molar-refractivity contribution in [2.75, 3.05) is 0 Å². The highest BCUT2D eigenvalue weighted by Crippen LogP contribution is 2.45. The molecule has 0 aliphatic carbocycles. The summed E-state index contributed by atoms with van der Waals surface area (Å²) in [6, 6.07) is 58.7. The minimum absolute atomic E-state index is 0.696. The van der Waals surface area contributed by atoms with Gasteiger partial charge >= 0.3 is 0 Å². The number of hydrogen-bond donors (Lipinski definition) is 0. The van der Waals surface area contributed by atoms with Crippen molar-refractivity contribution in [3.8, 4) is 89.5 Å². The van der Waals surface area contributed by atoms with Crippen molar-refractivity contribution in [2.45, 2.75) is 0 Å². The molecule has 0 atom stereocenters. The first-order valence-electron chi connectivity index (χ1n) is 21.5. The van der Waals surface area contributed by atoms with Crippen LogP contribution in [0.5, 0.6) is 0 Å². The molecule has 0 unspecified atom stereocenters. The zero-order chi connectivity index (χ0) is 45.2. The van der Waals surface area contributed by atoms with Crippen LogP contribution in [0, 0.1) is 0 Å². The van der Waals surface area contributed by atoms with Crippen LogP contribution >= 0.6 is 0 Å². The van der Waals surface area contributed by atoms with Crippen LogP contribution in [0.1, 0.15) is 11.1 Å². The summed E-state index contributed by atoms with van der Waals surface area (Å²) in [6.45, 7) is 15.6. The molecule has 5 aromatic carbocycles. The summed E-state index contributed by atoms with van der Waals surface area (Å²) in [7, 11) is 0. The molecule has 0 aliphatic rings. The van der Waals surface area contributed by atoms with Crippen LogP contribution in [-0.4, -0.2) is 33.4 Å². The second kappa shape index (κ2) is 19.6. The van der Waals surface area contributed by atoms with E-state index in [1.165, 1.54) is 0 Å². The van der Waals surface area contributed by atoms with E-state index < -0.39 is 0 Å². The monoisotopic (exact) mass is 848 g/mol. The Labute approximate surface area is 385 Å². The maximum Gasteiger partial charge on any atom is 0.0702 e. The van der Waals surface area contributed by atoms with Gasteiger partial charge in [-0.2, -0.15) is 0 Å². The van der Waals surface area contributed by atoms with Gasteiger partial charge in [-0.25, -0.2) is 0 Å². The third-order valence-electron chi connectivity index (χ3n) is 11.4. The lowest BCUT2D eigenvalue weighted by Crippen LogP contribution is -1.96. The van der Waals surface area contributed by atoms with Gasteiger partial charge in [-0.3, -0.25) is 29.9 Å². The van der Waals surface area contributed by atoms with E-state index in [4.69, 9.17) is 15.0 Å². The molecule has 4 heterocycles. The number of aliphatic imine (C=N–C) groups is 2. The van der Waals surface area contributed by atoms with Crippen molar-refractivity contribution in [3.63, 3.8) is 0 Å². The normalized spacial score (nSPS) is 11.5. The quantitative estimate of drug-likeness (QED) is 0.0807. The Morgan fingerprint density at radius 2 is 0.667 bits per heavy atom. The summed E-state index contributed by atoms with van der Waals surface area (Å²) in [5, 5.41) is 0. The molecule has 6 heteroatoms. The van der Waals surface area contributed by atoms with E-state index in [1.807, 2.05) is 110 Å². The summed E-state index contributed by atoms with van der Waals surface area (Å²) >= 11 is 0. The third kappa shape index (κ3) is 9.07. The number of pyridine rings is 4. The molecule has 0 saturated carbocycles. The minimum Gasteiger partial charge on any atom is -0.264 e. The second-order valence-corrected chi connectivity index (χ2v) is 15.4. The van der Waals surface area contributed by atoms with Crippen molar-refractivity contribution >= 4 is 24.8 Å². The second-order valence-electron chi connectivity index (χ2n) is 15.4. The average molecular weight is 849 g/mol.